The van der Waals surface area contributed by atoms with Crippen LogP contribution in [0.2, 0.25) is 0 Å². The van der Waals surface area contributed by atoms with E-state index < -0.39 is 0 Å². The van der Waals surface area contributed by atoms with Gasteiger partial charge in [0, 0.05) is 18.6 Å². The quantitative estimate of drug-likeness (QED) is 0.0793. The van der Waals surface area contributed by atoms with Crippen LogP contribution in [0.4, 0.5) is 0 Å². The predicted octanol–water partition coefficient (Wildman–Crippen LogP) is -5.19. The van der Waals surface area contributed by atoms with Crippen LogP contribution in [-0.4, -0.2) is 36.1 Å². The number of hydrogen-bond donors (Lipinski definition) is 2. The minimum atomic E-state index is 0. The van der Waals surface area contributed by atoms with Gasteiger partial charge in [0.15, 0.2) is 11.9 Å². The van der Waals surface area contributed by atoms with E-state index in [1.807, 2.05) is 43.2 Å². The molecule has 148 valence electrons. The lowest BCUT2D eigenvalue weighted by Gasteiger charge is -2.07. The number of ether oxygens (including phenoxy) is 2. The summed E-state index contributed by atoms with van der Waals surface area (Å²) < 4.78 is 15.0. The molecule has 0 aliphatic rings. The molecule has 27 heavy (non-hydrogen) atoms. The summed E-state index contributed by atoms with van der Waals surface area (Å²) >= 11 is 0. The molecule has 2 rings (SSSR count). The first-order valence-corrected chi connectivity index (χ1v) is 7.74. The van der Waals surface area contributed by atoms with E-state index in [0.717, 1.165) is 17.1 Å². The Kier molecular flexibility index (Phi) is 12.6. The largest absolute Gasteiger partial charge is 1.00 e. The third kappa shape index (κ3) is 8.24. The SMILES string of the molecule is C[n+]1ccc(OCCCOc2ccc(/C=N\O)[n+](C)c2)cc1/C=N\O.[I-].[I-]. The van der Waals surface area contributed by atoms with Crippen LogP contribution in [0.25, 0.3) is 0 Å². The highest BCUT2D eigenvalue weighted by molar-refractivity contribution is 5.75. The van der Waals surface area contributed by atoms with Gasteiger partial charge in [0.1, 0.15) is 32.3 Å². The molecule has 10 heteroatoms. The highest BCUT2D eigenvalue weighted by Gasteiger charge is 2.08. The number of aryl methyl sites for hydroxylation is 2. The third-order valence-corrected chi connectivity index (χ3v) is 3.51. The molecular weight excluding hydrogens is 578 g/mol. The molecule has 0 saturated carbocycles. The maximum atomic E-state index is 8.63. The normalized spacial score (nSPS) is 10.4. The van der Waals surface area contributed by atoms with E-state index in [4.69, 9.17) is 19.9 Å². The summed E-state index contributed by atoms with van der Waals surface area (Å²) in [6, 6.07) is 7.26. The summed E-state index contributed by atoms with van der Waals surface area (Å²) in [4.78, 5) is 0. The van der Waals surface area contributed by atoms with Crippen molar-refractivity contribution < 1.29 is 77.0 Å². The Balaban J connectivity index is 0.00000338. The molecular formula is C17H22I2N4O4. The molecule has 8 nitrogen and oxygen atoms in total. The number of halogens is 2. The third-order valence-electron chi connectivity index (χ3n) is 3.51. The van der Waals surface area contributed by atoms with Crippen LogP contribution in [0.3, 0.4) is 0 Å². The van der Waals surface area contributed by atoms with Crippen molar-refractivity contribution >= 4 is 12.4 Å². The van der Waals surface area contributed by atoms with Crippen LogP contribution >= 0.6 is 0 Å². The van der Waals surface area contributed by atoms with E-state index in [0.29, 0.717) is 25.4 Å². The smallest absolute Gasteiger partial charge is 0.230 e. The summed E-state index contributed by atoms with van der Waals surface area (Å²) in [6.45, 7) is 1.02. The highest BCUT2D eigenvalue weighted by atomic mass is 127. The fourth-order valence-electron chi connectivity index (χ4n) is 2.16. The number of pyridine rings is 2. The summed E-state index contributed by atoms with van der Waals surface area (Å²) in [6.07, 6.45) is 7.07. The van der Waals surface area contributed by atoms with Crippen molar-refractivity contribution in [3.8, 4) is 11.5 Å². The van der Waals surface area contributed by atoms with Gasteiger partial charge in [0.25, 0.3) is 0 Å². The minimum Gasteiger partial charge on any atom is -1.00 e. The molecule has 0 amide bonds. The minimum absolute atomic E-state index is 0. The van der Waals surface area contributed by atoms with Gasteiger partial charge in [-0.25, -0.2) is 0 Å². The summed E-state index contributed by atoms with van der Waals surface area (Å²) in [5, 5.41) is 23.2. The van der Waals surface area contributed by atoms with Gasteiger partial charge in [0.2, 0.25) is 17.6 Å². The first-order chi connectivity index (χ1) is 12.1. The summed E-state index contributed by atoms with van der Waals surface area (Å²) in [7, 11) is 3.70. The molecule has 2 aromatic rings. The number of rotatable bonds is 8. The zero-order chi connectivity index (χ0) is 18.1. The van der Waals surface area contributed by atoms with Crippen molar-refractivity contribution in [2.24, 2.45) is 24.4 Å². The van der Waals surface area contributed by atoms with Crippen molar-refractivity contribution in [1.29, 1.82) is 0 Å². The molecule has 0 aliphatic carbocycles. The van der Waals surface area contributed by atoms with Crippen LogP contribution < -0.4 is 66.6 Å². The van der Waals surface area contributed by atoms with E-state index >= 15 is 0 Å². The lowest BCUT2D eigenvalue weighted by molar-refractivity contribution is -0.672. The molecule has 0 aliphatic heterocycles. The fourth-order valence-corrected chi connectivity index (χ4v) is 2.16. The van der Waals surface area contributed by atoms with E-state index in [1.54, 1.807) is 16.7 Å². The van der Waals surface area contributed by atoms with E-state index in [9.17, 15) is 0 Å². The van der Waals surface area contributed by atoms with Gasteiger partial charge < -0.3 is 67.8 Å². The van der Waals surface area contributed by atoms with Gasteiger partial charge in [0.05, 0.1) is 19.3 Å². The van der Waals surface area contributed by atoms with E-state index in [2.05, 4.69) is 10.3 Å². The van der Waals surface area contributed by atoms with Gasteiger partial charge in [-0.2, -0.15) is 9.13 Å². The number of hydrogen-bond acceptors (Lipinski definition) is 6. The molecule has 0 unspecified atom stereocenters. The molecule has 0 bridgehead atoms. The maximum absolute atomic E-state index is 8.63. The molecule has 0 radical (unpaired) electrons. The second kappa shape index (κ2) is 13.5. The van der Waals surface area contributed by atoms with E-state index in [-0.39, 0.29) is 48.0 Å². The topological polar surface area (TPSA) is 91.4 Å². The van der Waals surface area contributed by atoms with E-state index in [1.165, 1.54) is 12.4 Å². The number of nitrogens with zero attached hydrogens (tertiary/aromatic N) is 4. The molecule has 2 aromatic heterocycles. The molecule has 0 saturated heterocycles. The summed E-state index contributed by atoms with van der Waals surface area (Å²) in [5.41, 5.74) is 1.49. The van der Waals surface area contributed by atoms with Crippen molar-refractivity contribution in [2.75, 3.05) is 13.2 Å². The van der Waals surface area contributed by atoms with Crippen LogP contribution in [0.1, 0.15) is 17.8 Å². The number of aromatic nitrogens is 2. The maximum Gasteiger partial charge on any atom is 0.230 e. The molecule has 0 spiro atoms. The fraction of sp³-hybridized carbons (Fsp3) is 0.294. The van der Waals surface area contributed by atoms with Gasteiger partial charge in [-0.3, -0.25) is 0 Å². The Morgan fingerprint density at radius 2 is 1.52 bits per heavy atom. The Morgan fingerprint density at radius 3 is 2.15 bits per heavy atom. The van der Waals surface area contributed by atoms with Crippen LogP contribution in [-0.2, 0) is 14.1 Å². The van der Waals surface area contributed by atoms with Gasteiger partial charge in [-0.15, -0.1) is 0 Å². The van der Waals surface area contributed by atoms with Crippen LogP contribution in [0, 0.1) is 0 Å². The van der Waals surface area contributed by atoms with Crippen molar-refractivity contribution in [3.63, 3.8) is 0 Å². The molecule has 0 fully saturated rings. The second-order valence-electron chi connectivity index (χ2n) is 5.34. The van der Waals surface area contributed by atoms with Crippen LogP contribution in [0.15, 0.2) is 47.0 Å². The predicted molar refractivity (Wildman–Crippen MR) is 89.6 cm³/mol. The Morgan fingerprint density at radius 1 is 0.889 bits per heavy atom. The molecule has 0 atom stereocenters. The van der Waals surface area contributed by atoms with Gasteiger partial charge in [-0.05, 0) is 6.07 Å². The highest BCUT2D eigenvalue weighted by Crippen LogP contribution is 2.10. The first-order valence-electron chi connectivity index (χ1n) is 7.74. The molecule has 2 heterocycles. The zero-order valence-corrected chi connectivity index (χ0v) is 19.3. The lowest BCUT2D eigenvalue weighted by atomic mass is 10.3. The average molecular weight is 600 g/mol. The van der Waals surface area contributed by atoms with Crippen LogP contribution in [0.5, 0.6) is 11.5 Å². The second-order valence-corrected chi connectivity index (χ2v) is 5.34. The van der Waals surface area contributed by atoms with Crippen molar-refractivity contribution in [3.05, 3.63) is 48.0 Å². The van der Waals surface area contributed by atoms with Gasteiger partial charge in [-0.1, -0.05) is 10.3 Å². The Bertz CT molecular complexity index is 773. The molecule has 0 aromatic carbocycles. The van der Waals surface area contributed by atoms with Crippen molar-refractivity contribution in [1.82, 2.24) is 0 Å². The van der Waals surface area contributed by atoms with Gasteiger partial charge >= 0.3 is 0 Å². The average Bonchev–Trinajstić information content (AvgIpc) is 2.60. The standard InChI is InChI=1S/C17H20N4O4.2HI/c1-20-7-6-16(10-15(20)12-19-23)24-8-3-9-25-17-5-4-14(11-18-22)21(2)13-17;;/h4-7,10-13H,3,8-9H2,1-2H3;2*1H. The Labute approximate surface area is 192 Å². The first kappa shape index (κ1) is 25.3. The molecule has 2 N–H and O–H groups in total. The number of oxime groups is 2. The lowest BCUT2D eigenvalue weighted by Crippen LogP contribution is -3.00. The Hall–Kier alpha value is -1.70. The summed E-state index contributed by atoms with van der Waals surface area (Å²) in [5.74, 6) is 1.43. The zero-order valence-electron chi connectivity index (χ0n) is 15.0. The monoisotopic (exact) mass is 600 g/mol. The van der Waals surface area contributed by atoms with Crippen molar-refractivity contribution in [2.45, 2.75) is 6.42 Å².